The summed E-state index contributed by atoms with van der Waals surface area (Å²) in [7, 11) is -3.64. The topological polar surface area (TPSA) is 83.5 Å². The Morgan fingerprint density at radius 1 is 1.47 bits per heavy atom. The molecule has 1 aromatic carbocycles. The molecule has 1 aromatic rings. The van der Waals surface area contributed by atoms with Gasteiger partial charge in [-0.1, -0.05) is 13.0 Å². The third-order valence-corrected chi connectivity index (χ3v) is 3.95. The maximum atomic E-state index is 11.9. The van der Waals surface area contributed by atoms with E-state index < -0.39 is 16.0 Å². The zero-order valence-electron chi connectivity index (χ0n) is 9.67. The highest BCUT2D eigenvalue weighted by Gasteiger charge is 2.17. The minimum atomic E-state index is -3.64. The normalized spacial score (nSPS) is 13.3. The van der Waals surface area contributed by atoms with Crippen molar-refractivity contribution >= 4 is 16.0 Å². The van der Waals surface area contributed by atoms with Crippen molar-refractivity contribution < 1.29 is 18.3 Å². The highest BCUT2D eigenvalue weighted by molar-refractivity contribution is 7.89. The molecule has 0 aliphatic rings. The molecule has 1 atom stereocenters. The van der Waals surface area contributed by atoms with Gasteiger partial charge < -0.3 is 5.11 Å². The summed E-state index contributed by atoms with van der Waals surface area (Å²) in [5, 5.41) is 8.79. The summed E-state index contributed by atoms with van der Waals surface area (Å²) in [4.78, 5) is 10.7. The molecular formula is C11H15NO4S. The molecule has 0 unspecified atom stereocenters. The number of hydrogen-bond donors (Lipinski definition) is 2. The average Bonchev–Trinajstić information content (AvgIpc) is 2.28. The highest BCUT2D eigenvalue weighted by Crippen LogP contribution is 2.12. The molecule has 0 aromatic heterocycles. The number of carboxylic acid groups (broad SMARTS) is 1. The van der Waals surface area contributed by atoms with E-state index in [1.54, 1.807) is 6.92 Å². The van der Waals surface area contributed by atoms with Crippen molar-refractivity contribution in [3.63, 3.8) is 0 Å². The monoisotopic (exact) mass is 257 g/mol. The second-order valence-corrected chi connectivity index (χ2v) is 5.48. The fourth-order valence-corrected chi connectivity index (χ4v) is 2.58. The summed E-state index contributed by atoms with van der Waals surface area (Å²) < 4.78 is 26.2. The van der Waals surface area contributed by atoms with Crippen LogP contribution in [0.25, 0.3) is 0 Å². The maximum absolute atomic E-state index is 11.9. The molecular weight excluding hydrogens is 242 g/mol. The van der Waals surface area contributed by atoms with E-state index >= 15 is 0 Å². The summed E-state index contributed by atoms with van der Waals surface area (Å²) in [6, 6.07) is 5.09. The van der Waals surface area contributed by atoms with E-state index in [-0.39, 0.29) is 16.5 Å². The van der Waals surface area contributed by atoms with Crippen molar-refractivity contribution in [1.82, 2.24) is 4.72 Å². The van der Waals surface area contributed by atoms with E-state index in [1.807, 2.05) is 6.92 Å². The Bertz CT molecular complexity index is 510. The minimum Gasteiger partial charge on any atom is -0.478 e. The molecule has 0 bridgehead atoms. The summed E-state index contributed by atoms with van der Waals surface area (Å²) in [6.07, 6.45) is 0.665. The van der Waals surface area contributed by atoms with Crippen LogP contribution in [0.2, 0.25) is 0 Å². The molecule has 0 saturated heterocycles. The molecule has 0 saturated carbocycles. The van der Waals surface area contributed by atoms with Gasteiger partial charge in [-0.15, -0.1) is 0 Å². The first kappa shape index (κ1) is 13.7. The number of sulfonamides is 1. The molecule has 5 nitrogen and oxygen atoms in total. The van der Waals surface area contributed by atoms with Crippen LogP contribution in [0.1, 0.15) is 30.6 Å². The number of hydrogen-bond acceptors (Lipinski definition) is 3. The number of rotatable bonds is 5. The summed E-state index contributed by atoms with van der Waals surface area (Å²) in [5.74, 6) is -1.15. The van der Waals surface area contributed by atoms with Gasteiger partial charge in [-0.05, 0) is 31.5 Å². The first-order valence-corrected chi connectivity index (χ1v) is 6.71. The van der Waals surface area contributed by atoms with Gasteiger partial charge in [0.25, 0.3) is 0 Å². The standard InChI is InChI=1S/C11H15NO4S/c1-3-8(2)12-17(15,16)10-6-4-5-9(7-10)11(13)14/h4-8,12H,3H2,1-2H3,(H,13,14)/t8-/m1/s1. The number of nitrogens with one attached hydrogen (secondary N) is 1. The molecule has 0 radical (unpaired) electrons. The first-order valence-electron chi connectivity index (χ1n) is 5.22. The van der Waals surface area contributed by atoms with Crippen molar-refractivity contribution in [2.75, 3.05) is 0 Å². The lowest BCUT2D eigenvalue weighted by atomic mass is 10.2. The zero-order valence-corrected chi connectivity index (χ0v) is 10.5. The zero-order chi connectivity index (χ0) is 13.1. The predicted molar refractivity (Wildman–Crippen MR) is 63.5 cm³/mol. The number of carbonyl (C=O) groups is 1. The molecule has 0 aliphatic heterocycles. The lowest BCUT2D eigenvalue weighted by Crippen LogP contribution is -2.32. The van der Waals surface area contributed by atoms with Crippen molar-refractivity contribution in [2.45, 2.75) is 31.2 Å². The summed E-state index contributed by atoms with van der Waals surface area (Å²) >= 11 is 0. The van der Waals surface area contributed by atoms with E-state index in [0.29, 0.717) is 6.42 Å². The third-order valence-electron chi connectivity index (χ3n) is 2.36. The molecule has 6 heteroatoms. The second-order valence-electron chi connectivity index (χ2n) is 3.76. The molecule has 2 N–H and O–H groups in total. The third kappa shape index (κ3) is 3.54. The molecule has 0 aliphatic carbocycles. The number of carboxylic acids is 1. The van der Waals surface area contributed by atoms with Crippen molar-refractivity contribution in [3.05, 3.63) is 29.8 Å². The van der Waals surface area contributed by atoms with Crippen LogP contribution < -0.4 is 4.72 Å². The van der Waals surface area contributed by atoms with E-state index in [2.05, 4.69) is 4.72 Å². The van der Waals surface area contributed by atoms with Crippen LogP contribution >= 0.6 is 0 Å². The van der Waals surface area contributed by atoms with Crippen LogP contribution in [-0.4, -0.2) is 25.5 Å². The fraction of sp³-hybridized carbons (Fsp3) is 0.364. The van der Waals surface area contributed by atoms with E-state index in [9.17, 15) is 13.2 Å². The van der Waals surface area contributed by atoms with Gasteiger partial charge in [0.1, 0.15) is 0 Å². The largest absolute Gasteiger partial charge is 0.478 e. The molecule has 0 spiro atoms. The van der Waals surface area contributed by atoms with Crippen molar-refractivity contribution in [2.24, 2.45) is 0 Å². The van der Waals surface area contributed by atoms with Crippen LogP contribution in [0.3, 0.4) is 0 Å². The maximum Gasteiger partial charge on any atom is 0.335 e. The van der Waals surface area contributed by atoms with Gasteiger partial charge >= 0.3 is 5.97 Å². The fourth-order valence-electron chi connectivity index (χ4n) is 1.21. The average molecular weight is 257 g/mol. The molecule has 0 fully saturated rings. The Morgan fingerprint density at radius 3 is 2.65 bits per heavy atom. The Balaban J connectivity index is 3.07. The van der Waals surface area contributed by atoms with Crippen molar-refractivity contribution in [3.8, 4) is 0 Å². The van der Waals surface area contributed by atoms with Gasteiger partial charge in [-0.25, -0.2) is 17.9 Å². The van der Waals surface area contributed by atoms with E-state index in [0.717, 1.165) is 6.07 Å². The Morgan fingerprint density at radius 2 is 2.12 bits per heavy atom. The van der Waals surface area contributed by atoms with E-state index in [4.69, 9.17) is 5.11 Å². The Hall–Kier alpha value is -1.40. The quantitative estimate of drug-likeness (QED) is 0.836. The smallest absolute Gasteiger partial charge is 0.335 e. The van der Waals surface area contributed by atoms with Gasteiger partial charge in [0.15, 0.2) is 0 Å². The predicted octanol–water partition coefficient (Wildman–Crippen LogP) is 1.46. The van der Waals surface area contributed by atoms with E-state index in [1.165, 1.54) is 18.2 Å². The molecule has 17 heavy (non-hydrogen) atoms. The summed E-state index contributed by atoms with van der Waals surface area (Å²) in [6.45, 7) is 3.61. The van der Waals surface area contributed by atoms with Crippen LogP contribution in [0, 0.1) is 0 Å². The van der Waals surface area contributed by atoms with Gasteiger partial charge in [-0.2, -0.15) is 0 Å². The molecule has 0 heterocycles. The van der Waals surface area contributed by atoms with Crippen molar-refractivity contribution in [1.29, 1.82) is 0 Å². The lowest BCUT2D eigenvalue weighted by molar-refractivity contribution is 0.0696. The minimum absolute atomic E-state index is 0.0299. The second kappa shape index (κ2) is 5.29. The molecule has 1 rings (SSSR count). The highest BCUT2D eigenvalue weighted by atomic mass is 32.2. The van der Waals surface area contributed by atoms with Gasteiger partial charge in [0, 0.05) is 6.04 Å². The first-order chi connectivity index (χ1) is 7.86. The Labute approximate surface area is 101 Å². The lowest BCUT2D eigenvalue weighted by Gasteiger charge is -2.12. The van der Waals surface area contributed by atoms with Crippen LogP contribution in [0.15, 0.2) is 29.2 Å². The molecule has 94 valence electrons. The summed E-state index contributed by atoms with van der Waals surface area (Å²) in [5.41, 5.74) is -0.0444. The SMILES string of the molecule is CC[C@@H](C)NS(=O)(=O)c1cccc(C(=O)O)c1. The van der Waals surface area contributed by atoms with Crippen LogP contribution in [-0.2, 0) is 10.0 Å². The van der Waals surface area contributed by atoms with Crippen LogP contribution in [0.5, 0.6) is 0 Å². The van der Waals surface area contributed by atoms with Crippen LogP contribution in [0.4, 0.5) is 0 Å². The molecule has 0 amide bonds. The Kier molecular flexibility index (Phi) is 4.25. The van der Waals surface area contributed by atoms with Gasteiger partial charge in [-0.3, -0.25) is 0 Å². The number of aromatic carboxylic acids is 1. The van der Waals surface area contributed by atoms with Gasteiger partial charge in [0.05, 0.1) is 10.5 Å². The number of benzene rings is 1. The van der Waals surface area contributed by atoms with Gasteiger partial charge in [0.2, 0.25) is 10.0 Å².